The molecule has 1 aliphatic heterocycles. The summed E-state index contributed by atoms with van der Waals surface area (Å²) in [5, 5.41) is 18.0. The van der Waals surface area contributed by atoms with Crippen LogP contribution < -0.4 is 4.90 Å². The maximum atomic E-state index is 8.86. The van der Waals surface area contributed by atoms with Gasteiger partial charge >= 0.3 is 0 Å². The highest BCUT2D eigenvalue weighted by atomic mass is 32.2. The molecule has 0 unspecified atom stereocenters. The third-order valence-corrected chi connectivity index (χ3v) is 3.74. The number of ether oxygens (including phenoxy) is 1. The van der Waals surface area contributed by atoms with Gasteiger partial charge in [0.2, 0.25) is 5.95 Å². The van der Waals surface area contributed by atoms with Gasteiger partial charge < -0.3 is 9.64 Å². The Morgan fingerprint density at radius 2 is 2.17 bits per heavy atom. The van der Waals surface area contributed by atoms with Gasteiger partial charge in [-0.15, -0.1) is 10.2 Å². The molecule has 0 bridgehead atoms. The molecule has 98 valence electrons. The zero-order valence-electron chi connectivity index (χ0n) is 10.7. The number of hydrogen-bond donors (Lipinski definition) is 0. The van der Waals surface area contributed by atoms with Gasteiger partial charge in [-0.25, -0.2) is 0 Å². The predicted molar refractivity (Wildman–Crippen MR) is 69.7 cm³/mol. The molecule has 1 atom stereocenters. The van der Waals surface area contributed by atoms with Crippen LogP contribution in [0.4, 0.5) is 5.95 Å². The fourth-order valence-corrected chi connectivity index (χ4v) is 2.62. The van der Waals surface area contributed by atoms with Crippen molar-refractivity contribution >= 4 is 17.7 Å². The maximum Gasteiger partial charge on any atom is 0.228 e. The molecule has 0 N–H and O–H groups in total. The molecular formula is C11H17N5OS. The number of aromatic nitrogens is 3. The van der Waals surface area contributed by atoms with Gasteiger partial charge in [0.05, 0.1) is 24.5 Å². The quantitative estimate of drug-likeness (QED) is 0.762. The number of thioether (sulfide) groups is 1. The van der Waals surface area contributed by atoms with Crippen molar-refractivity contribution < 1.29 is 4.74 Å². The van der Waals surface area contributed by atoms with E-state index < -0.39 is 0 Å². The molecule has 0 saturated carbocycles. The minimum atomic E-state index is -0.114. The molecule has 7 heteroatoms. The van der Waals surface area contributed by atoms with Gasteiger partial charge in [-0.3, -0.25) is 4.57 Å². The molecule has 0 amide bonds. The van der Waals surface area contributed by atoms with Crippen LogP contribution in [0, 0.1) is 11.3 Å². The zero-order chi connectivity index (χ0) is 13.0. The Morgan fingerprint density at radius 3 is 2.78 bits per heavy atom. The summed E-state index contributed by atoms with van der Waals surface area (Å²) in [6.07, 6.45) is 0. The van der Waals surface area contributed by atoms with Gasteiger partial charge in [-0.2, -0.15) is 5.26 Å². The van der Waals surface area contributed by atoms with Gasteiger partial charge in [0.15, 0.2) is 5.16 Å². The van der Waals surface area contributed by atoms with Crippen molar-refractivity contribution in [2.24, 2.45) is 0 Å². The molecule has 2 heterocycles. The molecular weight excluding hydrogens is 250 g/mol. The van der Waals surface area contributed by atoms with Crippen LogP contribution in [0.15, 0.2) is 5.16 Å². The van der Waals surface area contributed by atoms with Gasteiger partial charge in [-0.05, 0) is 13.8 Å². The Labute approximate surface area is 111 Å². The second-order valence-electron chi connectivity index (χ2n) is 4.02. The van der Waals surface area contributed by atoms with Crippen LogP contribution in [-0.4, -0.2) is 46.3 Å². The van der Waals surface area contributed by atoms with E-state index in [1.807, 2.05) is 6.92 Å². The SMILES string of the molecule is CCn1c(S[C@H](C)C#N)nnc1N1CCOCC1. The van der Waals surface area contributed by atoms with Crippen LogP contribution in [0.2, 0.25) is 0 Å². The minimum Gasteiger partial charge on any atom is -0.378 e. The maximum absolute atomic E-state index is 8.86. The highest BCUT2D eigenvalue weighted by Crippen LogP contribution is 2.25. The van der Waals surface area contributed by atoms with E-state index >= 15 is 0 Å². The molecule has 0 radical (unpaired) electrons. The highest BCUT2D eigenvalue weighted by molar-refractivity contribution is 8.00. The van der Waals surface area contributed by atoms with Crippen molar-refractivity contribution in [2.45, 2.75) is 30.8 Å². The monoisotopic (exact) mass is 267 g/mol. The lowest BCUT2D eigenvalue weighted by Crippen LogP contribution is -2.38. The first-order valence-electron chi connectivity index (χ1n) is 6.08. The third-order valence-electron chi connectivity index (χ3n) is 2.77. The molecule has 18 heavy (non-hydrogen) atoms. The normalized spacial score (nSPS) is 17.5. The lowest BCUT2D eigenvalue weighted by Gasteiger charge is -2.27. The Morgan fingerprint density at radius 1 is 1.44 bits per heavy atom. The molecule has 1 aromatic rings. The number of nitriles is 1. The summed E-state index contributed by atoms with van der Waals surface area (Å²) in [7, 11) is 0. The van der Waals surface area contributed by atoms with E-state index in [-0.39, 0.29) is 5.25 Å². The van der Waals surface area contributed by atoms with E-state index in [1.54, 1.807) is 0 Å². The fraction of sp³-hybridized carbons (Fsp3) is 0.727. The Balaban J connectivity index is 2.18. The summed E-state index contributed by atoms with van der Waals surface area (Å²) in [6.45, 7) is 7.89. The van der Waals surface area contributed by atoms with Crippen LogP contribution in [0.3, 0.4) is 0 Å². The number of rotatable bonds is 4. The number of anilines is 1. The van der Waals surface area contributed by atoms with Crippen molar-refractivity contribution in [1.29, 1.82) is 5.26 Å². The van der Waals surface area contributed by atoms with Gasteiger partial charge in [0.25, 0.3) is 0 Å². The first-order valence-corrected chi connectivity index (χ1v) is 6.96. The summed E-state index contributed by atoms with van der Waals surface area (Å²) in [5.74, 6) is 0.883. The third kappa shape index (κ3) is 2.76. The van der Waals surface area contributed by atoms with Crippen LogP contribution in [0.25, 0.3) is 0 Å². The van der Waals surface area contributed by atoms with E-state index in [0.29, 0.717) is 0 Å². The van der Waals surface area contributed by atoms with Crippen LogP contribution in [0.1, 0.15) is 13.8 Å². The minimum absolute atomic E-state index is 0.114. The van der Waals surface area contributed by atoms with Gasteiger partial charge in [0, 0.05) is 19.6 Å². The van der Waals surface area contributed by atoms with Crippen molar-refractivity contribution in [2.75, 3.05) is 31.2 Å². The van der Waals surface area contributed by atoms with E-state index in [2.05, 4.69) is 32.7 Å². The lowest BCUT2D eigenvalue weighted by atomic mass is 10.4. The predicted octanol–water partition coefficient (Wildman–Crippen LogP) is 1.14. The summed E-state index contributed by atoms with van der Waals surface area (Å²) in [5.41, 5.74) is 0. The molecule has 1 aliphatic rings. The van der Waals surface area contributed by atoms with E-state index in [4.69, 9.17) is 10.00 Å². The van der Waals surface area contributed by atoms with Crippen LogP contribution in [-0.2, 0) is 11.3 Å². The lowest BCUT2D eigenvalue weighted by molar-refractivity contribution is 0.121. The molecule has 1 aromatic heterocycles. The first kappa shape index (κ1) is 13.2. The summed E-state index contributed by atoms with van der Waals surface area (Å²) >= 11 is 1.45. The summed E-state index contributed by atoms with van der Waals surface area (Å²) in [4.78, 5) is 2.18. The topological polar surface area (TPSA) is 67.0 Å². The average Bonchev–Trinajstić information content (AvgIpc) is 2.82. The Bertz CT molecular complexity index is 435. The number of nitrogens with zero attached hydrogens (tertiary/aromatic N) is 5. The fourth-order valence-electron chi connectivity index (χ4n) is 1.83. The van der Waals surface area contributed by atoms with Crippen LogP contribution in [0.5, 0.6) is 0 Å². The number of morpholine rings is 1. The van der Waals surface area contributed by atoms with Crippen molar-refractivity contribution in [3.8, 4) is 6.07 Å². The first-order chi connectivity index (χ1) is 8.76. The van der Waals surface area contributed by atoms with Gasteiger partial charge in [-0.1, -0.05) is 11.8 Å². The second kappa shape index (κ2) is 6.07. The van der Waals surface area contributed by atoms with Crippen molar-refractivity contribution in [3.05, 3.63) is 0 Å². The van der Waals surface area contributed by atoms with Gasteiger partial charge in [0.1, 0.15) is 0 Å². The molecule has 0 aliphatic carbocycles. The smallest absolute Gasteiger partial charge is 0.228 e. The van der Waals surface area contributed by atoms with Crippen molar-refractivity contribution in [1.82, 2.24) is 14.8 Å². The van der Waals surface area contributed by atoms with Crippen molar-refractivity contribution in [3.63, 3.8) is 0 Å². The van der Waals surface area contributed by atoms with E-state index in [0.717, 1.165) is 44.0 Å². The Kier molecular flexibility index (Phi) is 4.44. The Hall–Kier alpha value is -1.26. The second-order valence-corrected chi connectivity index (χ2v) is 5.32. The van der Waals surface area contributed by atoms with E-state index in [9.17, 15) is 0 Å². The highest BCUT2D eigenvalue weighted by Gasteiger charge is 2.20. The largest absolute Gasteiger partial charge is 0.378 e. The van der Waals surface area contributed by atoms with Crippen LogP contribution >= 0.6 is 11.8 Å². The zero-order valence-corrected chi connectivity index (χ0v) is 11.5. The molecule has 0 aromatic carbocycles. The summed E-state index contributed by atoms with van der Waals surface area (Å²) < 4.78 is 7.40. The summed E-state index contributed by atoms with van der Waals surface area (Å²) in [6, 6.07) is 2.20. The molecule has 0 spiro atoms. The molecule has 1 fully saturated rings. The molecule has 2 rings (SSSR count). The average molecular weight is 267 g/mol. The number of hydrogen-bond acceptors (Lipinski definition) is 6. The molecule has 6 nitrogen and oxygen atoms in total. The molecule has 1 saturated heterocycles. The standard InChI is InChI=1S/C11H17N5OS/c1-3-16-10(15-4-6-17-7-5-15)13-14-11(16)18-9(2)8-12/h9H,3-7H2,1-2H3/t9-/m1/s1. The van der Waals surface area contributed by atoms with E-state index in [1.165, 1.54) is 11.8 Å².